The second-order valence-electron chi connectivity index (χ2n) is 7.79. The van der Waals surface area contributed by atoms with E-state index in [1.165, 1.54) is 18.3 Å². The van der Waals surface area contributed by atoms with Crippen LogP contribution < -0.4 is 20.1 Å². The summed E-state index contributed by atoms with van der Waals surface area (Å²) in [5, 5.41) is 8.16. The van der Waals surface area contributed by atoms with Crippen molar-refractivity contribution in [2.45, 2.75) is 33.2 Å². The van der Waals surface area contributed by atoms with Crippen LogP contribution in [-0.4, -0.2) is 30.0 Å². The topological polar surface area (TPSA) is 89.6 Å². The van der Waals surface area contributed by atoms with Gasteiger partial charge in [-0.3, -0.25) is 14.9 Å². The summed E-state index contributed by atoms with van der Waals surface area (Å²) in [6, 6.07) is 11.6. The first-order valence-corrected chi connectivity index (χ1v) is 11.3. The number of fused-ring (bicyclic) bond motifs is 1. The molecule has 4 rings (SSSR count). The monoisotopic (exact) mass is 451 g/mol. The molecule has 0 bridgehead atoms. The number of carbonyl (C=O) groups is 2. The number of hydrogen-bond acceptors (Lipinski definition) is 6. The summed E-state index contributed by atoms with van der Waals surface area (Å²) in [5.41, 5.74) is 4.71. The molecule has 0 saturated carbocycles. The first-order chi connectivity index (χ1) is 15.4. The lowest BCUT2D eigenvalue weighted by Crippen LogP contribution is -2.30. The van der Waals surface area contributed by atoms with Crippen LogP contribution in [0.1, 0.15) is 36.1 Å². The highest BCUT2D eigenvalue weighted by Gasteiger charge is 2.23. The highest BCUT2D eigenvalue weighted by Crippen LogP contribution is 2.36. The van der Waals surface area contributed by atoms with E-state index in [0.29, 0.717) is 17.5 Å². The SMILES string of the molecule is CC(=O)NC1CCOc2ccc(-c3csc(NC(=O)COc4ccc(C)cc4C)n3)cc21. The van der Waals surface area contributed by atoms with Gasteiger partial charge in [0.1, 0.15) is 11.5 Å². The van der Waals surface area contributed by atoms with Crippen molar-refractivity contribution in [3.05, 3.63) is 58.5 Å². The van der Waals surface area contributed by atoms with Crippen molar-refractivity contribution in [2.75, 3.05) is 18.5 Å². The van der Waals surface area contributed by atoms with Gasteiger partial charge in [-0.2, -0.15) is 0 Å². The molecule has 2 amide bonds. The fraction of sp³-hybridized carbons (Fsp3) is 0.292. The molecule has 3 aromatic rings. The molecular weight excluding hydrogens is 426 g/mol. The van der Waals surface area contributed by atoms with E-state index in [1.54, 1.807) is 0 Å². The van der Waals surface area contributed by atoms with Gasteiger partial charge < -0.3 is 14.8 Å². The number of amides is 2. The third kappa shape index (κ3) is 5.08. The maximum absolute atomic E-state index is 12.3. The van der Waals surface area contributed by atoms with E-state index in [-0.39, 0.29) is 24.5 Å². The van der Waals surface area contributed by atoms with Crippen LogP contribution in [0, 0.1) is 13.8 Å². The van der Waals surface area contributed by atoms with Crippen LogP contribution in [0.3, 0.4) is 0 Å². The van der Waals surface area contributed by atoms with Crippen LogP contribution in [0.4, 0.5) is 5.13 Å². The molecule has 2 heterocycles. The molecule has 2 N–H and O–H groups in total. The van der Waals surface area contributed by atoms with Crippen LogP contribution in [0.5, 0.6) is 11.5 Å². The second kappa shape index (κ2) is 9.40. The fourth-order valence-corrected chi connectivity index (χ4v) is 4.41. The van der Waals surface area contributed by atoms with Crippen molar-refractivity contribution in [1.29, 1.82) is 0 Å². The molecule has 0 fully saturated rings. The number of rotatable bonds is 6. The minimum Gasteiger partial charge on any atom is -0.493 e. The van der Waals surface area contributed by atoms with Gasteiger partial charge in [-0.15, -0.1) is 11.3 Å². The molecule has 1 atom stereocenters. The number of ether oxygens (including phenoxy) is 2. The Bertz CT molecular complexity index is 1160. The number of aryl methyl sites for hydroxylation is 2. The quantitative estimate of drug-likeness (QED) is 0.580. The number of nitrogens with one attached hydrogen (secondary N) is 2. The van der Waals surface area contributed by atoms with Crippen LogP contribution in [0.25, 0.3) is 11.3 Å². The minimum absolute atomic E-state index is 0.0741. The Morgan fingerprint density at radius 2 is 2.06 bits per heavy atom. The highest BCUT2D eigenvalue weighted by molar-refractivity contribution is 7.14. The van der Waals surface area contributed by atoms with E-state index in [2.05, 4.69) is 15.6 Å². The fourth-order valence-electron chi connectivity index (χ4n) is 3.67. The molecule has 1 aromatic heterocycles. The maximum Gasteiger partial charge on any atom is 0.264 e. The van der Waals surface area contributed by atoms with E-state index in [4.69, 9.17) is 9.47 Å². The number of aromatic nitrogens is 1. The maximum atomic E-state index is 12.3. The lowest BCUT2D eigenvalue weighted by molar-refractivity contribution is -0.120. The normalized spacial score (nSPS) is 14.8. The van der Waals surface area contributed by atoms with E-state index in [1.807, 2.05) is 55.6 Å². The molecule has 1 aliphatic rings. The largest absolute Gasteiger partial charge is 0.493 e. The zero-order valence-electron chi connectivity index (χ0n) is 18.2. The Labute approximate surface area is 190 Å². The van der Waals surface area contributed by atoms with Gasteiger partial charge in [-0.1, -0.05) is 17.7 Å². The summed E-state index contributed by atoms with van der Waals surface area (Å²) in [5.74, 6) is 1.12. The molecule has 2 aromatic carbocycles. The Kier molecular flexibility index (Phi) is 6.41. The molecule has 7 nitrogen and oxygen atoms in total. The first-order valence-electron chi connectivity index (χ1n) is 10.4. The van der Waals surface area contributed by atoms with Gasteiger partial charge in [0.15, 0.2) is 11.7 Å². The number of carbonyl (C=O) groups excluding carboxylic acids is 2. The summed E-state index contributed by atoms with van der Waals surface area (Å²) in [7, 11) is 0. The van der Waals surface area contributed by atoms with Gasteiger partial charge in [0.2, 0.25) is 5.91 Å². The summed E-state index contributed by atoms with van der Waals surface area (Å²) >= 11 is 1.35. The second-order valence-corrected chi connectivity index (χ2v) is 8.64. The Morgan fingerprint density at radius 3 is 2.84 bits per heavy atom. The molecule has 0 spiro atoms. The molecule has 0 radical (unpaired) electrons. The number of anilines is 1. The average molecular weight is 452 g/mol. The van der Waals surface area contributed by atoms with Crippen LogP contribution in [0.15, 0.2) is 41.8 Å². The summed E-state index contributed by atoms with van der Waals surface area (Å²) in [6.07, 6.45) is 0.717. The van der Waals surface area contributed by atoms with Crippen LogP contribution in [0.2, 0.25) is 0 Å². The van der Waals surface area contributed by atoms with Crippen molar-refractivity contribution < 1.29 is 19.1 Å². The predicted octanol–water partition coefficient (Wildman–Crippen LogP) is 4.40. The van der Waals surface area contributed by atoms with Crippen LogP contribution in [-0.2, 0) is 9.59 Å². The van der Waals surface area contributed by atoms with Crippen molar-refractivity contribution in [1.82, 2.24) is 10.3 Å². The smallest absolute Gasteiger partial charge is 0.264 e. The van der Waals surface area contributed by atoms with Crippen LogP contribution >= 0.6 is 11.3 Å². The zero-order chi connectivity index (χ0) is 22.7. The van der Waals surface area contributed by atoms with Gasteiger partial charge in [0.25, 0.3) is 5.91 Å². The molecule has 1 unspecified atom stereocenters. The van der Waals surface area contributed by atoms with E-state index < -0.39 is 0 Å². The number of thiazole rings is 1. The van der Waals surface area contributed by atoms with Gasteiger partial charge >= 0.3 is 0 Å². The van der Waals surface area contributed by atoms with Crippen molar-refractivity contribution >= 4 is 28.3 Å². The van der Waals surface area contributed by atoms with E-state index in [0.717, 1.165) is 40.1 Å². The predicted molar refractivity (Wildman–Crippen MR) is 124 cm³/mol. The minimum atomic E-state index is -0.268. The third-order valence-corrected chi connectivity index (χ3v) is 5.92. The molecule has 166 valence electrons. The van der Waals surface area contributed by atoms with E-state index >= 15 is 0 Å². The van der Waals surface area contributed by atoms with Gasteiger partial charge in [-0.05, 0) is 43.7 Å². The Balaban J connectivity index is 1.42. The number of hydrogen-bond donors (Lipinski definition) is 2. The molecule has 1 aliphatic heterocycles. The Morgan fingerprint density at radius 1 is 1.22 bits per heavy atom. The Hall–Kier alpha value is -3.39. The molecule has 32 heavy (non-hydrogen) atoms. The lowest BCUT2D eigenvalue weighted by atomic mass is 9.97. The molecule has 8 heteroatoms. The molecule has 0 aliphatic carbocycles. The zero-order valence-corrected chi connectivity index (χ0v) is 19.0. The number of benzene rings is 2. The highest BCUT2D eigenvalue weighted by atomic mass is 32.1. The van der Waals surface area contributed by atoms with Crippen molar-refractivity contribution in [3.8, 4) is 22.8 Å². The number of nitrogens with zero attached hydrogens (tertiary/aromatic N) is 1. The van der Waals surface area contributed by atoms with Gasteiger partial charge in [0, 0.05) is 29.9 Å². The summed E-state index contributed by atoms with van der Waals surface area (Å²) < 4.78 is 11.4. The average Bonchev–Trinajstić information content (AvgIpc) is 3.21. The van der Waals surface area contributed by atoms with E-state index in [9.17, 15) is 9.59 Å². The van der Waals surface area contributed by atoms with Gasteiger partial charge in [-0.25, -0.2) is 4.98 Å². The first kappa shape index (κ1) is 21.8. The van der Waals surface area contributed by atoms with Gasteiger partial charge in [0.05, 0.1) is 18.3 Å². The van der Waals surface area contributed by atoms with Crippen molar-refractivity contribution in [2.24, 2.45) is 0 Å². The lowest BCUT2D eigenvalue weighted by Gasteiger charge is -2.26. The summed E-state index contributed by atoms with van der Waals surface area (Å²) in [6.45, 7) is 5.95. The van der Waals surface area contributed by atoms with Crippen molar-refractivity contribution in [3.63, 3.8) is 0 Å². The third-order valence-electron chi connectivity index (χ3n) is 5.16. The standard InChI is InChI=1S/C24H25N3O4S/c1-14-4-6-21(15(2)10-14)31-12-23(29)27-24-26-20(13-32-24)17-5-7-22-18(11-17)19(8-9-30-22)25-16(3)28/h4-7,10-11,13,19H,8-9,12H2,1-3H3,(H,25,28)(H,26,27,29). The molecular formula is C24H25N3O4S. The molecule has 0 saturated heterocycles. The summed E-state index contributed by atoms with van der Waals surface area (Å²) in [4.78, 5) is 28.4.